The first-order chi connectivity index (χ1) is 8.75. The Hall–Kier alpha value is -1.68. The predicted molar refractivity (Wildman–Crippen MR) is 79.0 cm³/mol. The van der Waals surface area contributed by atoms with Crippen LogP contribution in [0, 0.1) is 6.92 Å². The van der Waals surface area contributed by atoms with Crippen molar-refractivity contribution in [2.45, 2.75) is 11.8 Å². The Morgan fingerprint density at radius 1 is 1.28 bits per heavy atom. The summed E-state index contributed by atoms with van der Waals surface area (Å²) in [6.45, 7) is 2.83. The van der Waals surface area contributed by atoms with Crippen LogP contribution in [0.25, 0.3) is 0 Å². The molecule has 0 aliphatic heterocycles. The minimum absolute atomic E-state index is 0.708. The van der Waals surface area contributed by atoms with Crippen molar-refractivity contribution in [3.63, 3.8) is 0 Å². The van der Waals surface area contributed by atoms with Crippen molar-refractivity contribution in [2.75, 3.05) is 23.3 Å². The van der Waals surface area contributed by atoms with E-state index in [1.165, 1.54) is 4.90 Å². The van der Waals surface area contributed by atoms with E-state index in [-0.39, 0.29) is 0 Å². The summed E-state index contributed by atoms with van der Waals surface area (Å²) < 4.78 is 0. The molecule has 0 atom stereocenters. The van der Waals surface area contributed by atoms with Gasteiger partial charge in [0, 0.05) is 23.4 Å². The van der Waals surface area contributed by atoms with Crippen molar-refractivity contribution in [1.29, 1.82) is 0 Å². The molecule has 0 radical (unpaired) electrons. The second-order valence-corrected chi connectivity index (χ2v) is 5.21. The van der Waals surface area contributed by atoms with Crippen LogP contribution in [0.5, 0.6) is 0 Å². The van der Waals surface area contributed by atoms with Gasteiger partial charge in [-0.3, -0.25) is 0 Å². The molecule has 0 amide bonds. The second kappa shape index (κ2) is 6.31. The van der Waals surface area contributed by atoms with E-state index in [1.807, 2.05) is 37.0 Å². The molecule has 0 aliphatic rings. The summed E-state index contributed by atoms with van der Waals surface area (Å²) in [7, 11) is 0. The summed E-state index contributed by atoms with van der Waals surface area (Å²) >= 11 is 1.82. The number of benzene rings is 1. The number of rotatable bonds is 5. The van der Waals surface area contributed by atoms with Crippen LogP contribution in [-0.2, 0) is 0 Å². The van der Waals surface area contributed by atoms with Crippen molar-refractivity contribution in [3.8, 4) is 0 Å². The fourth-order valence-electron chi connectivity index (χ4n) is 1.59. The molecular formula is C14H17N3S. The largest absolute Gasteiger partial charge is 0.396 e. The maximum Gasteiger partial charge on any atom is 0.149 e. The molecule has 4 heteroatoms. The first-order valence-corrected chi connectivity index (χ1v) is 6.88. The van der Waals surface area contributed by atoms with Gasteiger partial charge in [-0.05, 0) is 30.7 Å². The van der Waals surface area contributed by atoms with Crippen LogP contribution in [0.15, 0.2) is 47.5 Å². The van der Waals surface area contributed by atoms with E-state index in [0.717, 1.165) is 23.7 Å². The van der Waals surface area contributed by atoms with E-state index >= 15 is 0 Å². The number of nitrogens with two attached hydrogens (primary N) is 1. The number of aromatic nitrogens is 1. The van der Waals surface area contributed by atoms with Crippen LogP contribution in [0.4, 0.5) is 11.5 Å². The van der Waals surface area contributed by atoms with Crippen molar-refractivity contribution in [2.24, 2.45) is 0 Å². The lowest BCUT2D eigenvalue weighted by Gasteiger charge is -2.08. The number of aryl methyl sites for hydroxylation is 1. The highest BCUT2D eigenvalue weighted by Gasteiger charge is 2.00. The average Bonchev–Trinajstić information content (AvgIpc) is 2.38. The van der Waals surface area contributed by atoms with Gasteiger partial charge in [-0.2, -0.15) is 0 Å². The van der Waals surface area contributed by atoms with Gasteiger partial charge in [-0.25, -0.2) is 4.98 Å². The number of nitrogens with zero attached hydrogens (tertiary/aromatic N) is 1. The standard InChI is InChI=1S/C14H17N3S/c1-11-9-13(15)14(17-10-11)16-7-8-18-12-5-3-2-4-6-12/h2-6,9-10H,7-8,15H2,1H3,(H,16,17). The highest BCUT2D eigenvalue weighted by molar-refractivity contribution is 7.99. The molecule has 2 aromatic rings. The zero-order valence-corrected chi connectivity index (χ0v) is 11.2. The first kappa shape index (κ1) is 12.8. The quantitative estimate of drug-likeness (QED) is 0.639. The molecule has 94 valence electrons. The van der Waals surface area contributed by atoms with Crippen LogP contribution in [0.1, 0.15) is 5.56 Å². The molecule has 2 rings (SSSR count). The number of anilines is 2. The molecule has 0 spiro atoms. The van der Waals surface area contributed by atoms with Crippen LogP contribution in [0.2, 0.25) is 0 Å². The maximum absolute atomic E-state index is 5.88. The summed E-state index contributed by atoms with van der Waals surface area (Å²) in [6.07, 6.45) is 1.82. The lowest BCUT2D eigenvalue weighted by Crippen LogP contribution is -2.08. The molecule has 3 N–H and O–H groups in total. The van der Waals surface area contributed by atoms with Crippen LogP contribution >= 0.6 is 11.8 Å². The van der Waals surface area contributed by atoms with E-state index in [2.05, 4.69) is 34.6 Å². The zero-order chi connectivity index (χ0) is 12.8. The molecule has 0 saturated heterocycles. The molecule has 1 heterocycles. The zero-order valence-electron chi connectivity index (χ0n) is 10.4. The van der Waals surface area contributed by atoms with Crippen molar-refractivity contribution < 1.29 is 0 Å². The average molecular weight is 259 g/mol. The number of nitrogens with one attached hydrogen (secondary N) is 1. The second-order valence-electron chi connectivity index (χ2n) is 4.04. The van der Waals surface area contributed by atoms with E-state index in [4.69, 9.17) is 5.73 Å². The number of pyridine rings is 1. The summed E-state index contributed by atoms with van der Waals surface area (Å²) in [5.41, 5.74) is 7.67. The van der Waals surface area contributed by atoms with Gasteiger partial charge in [0.1, 0.15) is 5.82 Å². The smallest absolute Gasteiger partial charge is 0.149 e. The highest BCUT2D eigenvalue weighted by Crippen LogP contribution is 2.18. The molecule has 0 aliphatic carbocycles. The van der Waals surface area contributed by atoms with Gasteiger partial charge >= 0.3 is 0 Å². The maximum atomic E-state index is 5.88. The molecule has 18 heavy (non-hydrogen) atoms. The van der Waals surface area contributed by atoms with Crippen LogP contribution in [0.3, 0.4) is 0 Å². The third-order valence-corrected chi connectivity index (χ3v) is 3.47. The third-order valence-electron chi connectivity index (χ3n) is 2.46. The third kappa shape index (κ3) is 3.67. The first-order valence-electron chi connectivity index (χ1n) is 5.89. The minimum atomic E-state index is 0.708. The molecule has 1 aromatic heterocycles. The molecule has 3 nitrogen and oxygen atoms in total. The van der Waals surface area contributed by atoms with Crippen LogP contribution in [-0.4, -0.2) is 17.3 Å². The van der Waals surface area contributed by atoms with E-state index in [9.17, 15) is 0 Å². The Bertz CT molecular complexity index is 500. The van der Waals surface area contributed by atoms with Crippen molar-refractivity contribution >= 4 is 23.3 Å². The minimum Gasteiger partial charge on any atom is -0.396 e. The monoisotopic (exact) mass is 259 g/mol. The molecular weight excluding hydrogens is 242 g/mol. The summed E-state index contributed by atoms with van der Waals surface area (Å²) in [5, 5.41) is 3.25. The Morgan fingerprint density at radius 2 is 2.06 bits per heavy atom. The molecule has 0 saturated carbocycles. The Labute approximate surface area is 112 Å². The van der Waals surface area contributed by atoms with E-state index < -0.39 is 0 Å². The van der Waals surface area contributed by atoms with E-state index in [1.54, 1.807) is 0 Å². The highest BCUT2D eigenvalue weighted by atomic mass is 32.2. The predicted octanol–water partition coefficient (Wildman–Crippen LogP) is 3.18. The fraction of sp³-hybridized carbons (Fsp3) is 0.214. The molecule has 0 fully saturated rings. The lowest BCUT2D eigenvalue weighted by molar-refractivity contribution is 1.16. The normalized spacial score (nSPS) is 10.3. The number of hydrogen-bond donors (Lipinski definition) is 2. The topological polar surface area (TPSA) is 50.9 Å². The van der Waals surface area contributed by atoms with Gasteiger partial charge in [0.15, 0.2) is 0 Å². The van der Waals surface area contributed by atoms with Gasteiger partial charge < -0.3 is 11.1 Å². The number of nitrogen functional groups attached to an aromatic ring is 1. The fourth-order valence-corrected chi connectivity index (χ4v) is 2.38. The Kier molecular flexibility index (Phi) is 4.47. The van der Waals surface area contributed by atoms with Gasteiger partial charge in [-0.1, -0.05) is 18.2 Å². The van der Waals surface area contributed by atoms with Gasteiger partial charge in [0.25, 0.3) is 0 Å². The summed E-state index contributed by atoms with van der Waals surface area (Å²) in [4.78, 5) is 5.56. The number of thioether (sulfide) groups is 1. The summed E-state index contributed by atoms with van der Waals surface area (Å²) in [5.74, 6) is 1.76. The van der Waals surface area contributed by atoms with Gasteiger partial charge in [0.2, 0.25) is 0 Å². The van der Waals surface area contributed by atoms with Gasteiger partial charge in [-0.15, -0.1) is 11.8 Å². The molecule has 1 aromatic carbocycles. The Morgan fingerprint density at radius 3 is 2.78 bits per heavy atom. The number of hydrogen-bond acceptors (Lipinski definition) is 4. The van der Waals surface area contributed by atoms with Crippen LogP contribution < -0.4 is 11.1 Å². The molecule has 0 unspecified atom stereocenters. The van der Waals surface area contributed by atoms with Gasteiger partial charge in [0.05, 0.1) is 5.69 Å². The lowest BCUT2D eigenvalue weighted by atomic mass is 10.3. The Balaban J connectivity index is 1.79. The van der Waals surface area contributed by atoms with Crippen molar-refractivity contribution in [1.82, 2.24) is 4.98 Å². The molecule has 0 bridgehead atoms. The summed E-state index contributed by atoms with van der Waals surface area (Å²) in [6, 6.07) is 12.3. The van der Waals surface area contributed by atoms with Crippen molar-refractivity contribution in [3.05, 3.63) is 48.2 Å². The SMILES string of the molecule is Cc1cnc(NCCSc2ccccc2)c(N)c1. The van der Waals surface area contributed by atoms with E-state index in [0.29, 0.717) is 5.69 Å².